The van der Waals surface area contributed by atoms with Gasteiger partial charge in [-0.1, -0.05) is 6.07 Å². The maximum atomic E-state index is 12.2. The molecule has 0 saturated carbocycles. The number of rotatable bonds is 3. The molecule has 0 spiro atoms. The van der Waals surface area contributed by atoms with Crippen molar-refractivity contribution in [2.45, 2.75) is 13.8 Å². The van der Waals surface area contributed by atoms with Crippen LogP contribution in [0.3, 0.4) is 0 Å². The van der Waals surface area contributed by atoms with Gasteiger partial charge in [-0.25, -0.2) is 4.79 Å². The van der Waals surface area contributed by atoms with Crippen molar-refractivity contribution in [1.82, 2.24) is 0 Å². The molecule has 2 aromatic carbocycles. The van der Waals surface area contributed by atoms with Crippen LogP contribution in [-0.4, -0.2) is 23.3 Å². The summed E-state index contributed by atoms with van der Waals surface area (Å²) in [5.41, 5.74) is 3.85. The zero-order valence-corrected chi connectivity index (χ0v) is 14.2. The SMILES string of the molecule is COc1ccc(/C=C2\C=C(c3ccc(O)c(O)c3)OC2=O)c(C)c1C. The fraction of sp³-hybridized carbons (Fsp3) is 0.150. The van der Waals surface area contributed by atoms with Gasteiger partial charge < -0.3 is 19.7 Å². The van der Waals surface area contributed by atoms with E-state index in [1.54, 1.807) is 25.3 Å². The average Bonchev–Trinajstić information content (AvgIpc) is 2.95. The first kappa shape index (κ1) is 16.6. The quantitative estimate of drug-likeness (QED) is 0.507. The first-order valence-corrected chi connectivity index (χ1v) is 7.73. The lowest BCUT2D eigenvalue weighted by Gasteiger charge is -2.10. The van der Waals surface area contributed by atoms with Gasteiger partial charge in [0.05, 0.1) is 12.7 Å². The molecule has 0 fully saturated rings. The van der Waals surface area contributed by atoms with Crippen LogP contribution >= 0.6 is 0 Å². The number of methoxy groups -OCH3 is 1. The molecule has 0 bridgehead atoms. The molecule has 1 aliphatic rings. The average molecular weight is 338 g/mol. The summed E-state index contributed by atoms with van der Waals surface area (Å²) in [6.45, 7) is 3.93. The lowest BCUT2D eigenvalue weighted by atomic mass is 10.00. The smallest absolute Gasteiger partial charge is 0.343 e. The highest BCUT2D eigenvalue weighted by Gasteiger charge is 2.23. The second kappa shape index (κ2) is 6.36. The molecule has 128 valence electrons. The van der Waals surface area contributed by atoms with Crippen molar-refractivity contribution in [2.24, 2.45) is 0 Å². The van der Waals surface area contributed by atoms with Crippen LogP contribution in [0.5, 0.6) is 17.2 Å². The van der Waals surface area contributed by atoms with E-state index in [1.165, 1.54) is 12.1 Å². The third-order valence-electron chi connectivity index (χ3n) is 4.30. The van der Waals surface area contributed by atoms with Crippen molar-refractivity contribution in [3.63, 3.8) is 0 Å². The predicted octanol–water partition coefficient (Wildman–Crippen LogP) is 3.70. The van der Waals surface area contributed by atoms with Crippen molar-refractivity contribution in [1.29, 1.82) is 0 Å². The van der Waals surface area contributed by atoms with E-state index in [0.29, 0.717) is 16.9 Å². The predicted molar refractivity (Wildman–Crippen MR) is 94.3 cm³/mol. The highest BCUT2D eigenvalue weighted by Crippen LogP contribution is 2.33. The van der Waals surface area contributed by atoms with E-state index >= 15 is 0 Å². The molecule has 2 aromatic rings. The summed E-state index contributed by atoms with van der Waals surface area (Å²) in [6, 6.07) is 8.01. The third kappa shape index (κ3) is 3.08. The lowest BCUT2D eigenvalue weighted by molar-refractivity contribution is -0.130. The monoisotopic (exact) mass is 338 g/mol. The molecule has 0 radical (unpaired) electrons. The molecule has 0 aliphatic carbocycles. The van der Waals surface area contributed by atoms with Gasteiger partial charge in [0.15, 0.2) is 11.5 Å². The Bertz CT molecular complexity index is 922. The molecule has 0 amide bonds. The number of esters is 1. The van der Waals surface area contributed by atoms with Gasteiger partial charge >= 0.3 is 5.97 Å². The normalized spacial score (nSPS) is 15.2. The van der Waals surface area contributed by atoms with E-state index in [1.807, 2.05) is 26.0 Å². The minimum absolute atomic E-state index is 0.228. The first-order valence-electron chi connectivity index (χ1n) is 7.73. The van der Waals surface area contributed by atoms with Crippen molar-refractivity contribution in [3.8, 4) is 17.2 Å². The zero-order chi connectivity index (χ0) is 18.1. The largest absolute Gasteiger partial charge is 0.504 e. The van der Waals surface area contributed by atoms with Crippen LogP contribution in [0.2, 0.25) is 0 Å². The highest BCUT2D eigenvalue weighted by molar-refractivity contribution is 6.05. The Hall–Kier alpha value is -3.21. The minimum atomic E-state index is -0.463. The Balaban J connectivity index is 1.99. The lowest BCUT2D eigenvalue weighted by Crippen LogP contribution is -1.98. The van der Waals surface area contributed by atoms with E-state index in [0.717, 1.165) is 22.4 Å². The van der Waals surface area contributed by atoms with Gasteiger partial charge in [0.1, 0.15) is 11.5 Å². The summed E-state index contributed by atoms with van der Waals surface area (Å²) in [5.74, 6) is 0.164. The van der Waals surface area contributed by atoms with Crippen molar-refractivity contribution < 1.29 is 24.5 Å². The molecule has 2 N–H and O–H groups in total. The van der Waals surface area contributed by atoms with E-state index < -0.39 is 5.97 Å². The highest BCUT2D eigenvalue weighted by atomic mass is 16.5. The number of ether oxygens (including phenoxy) is 2. The number of phenols is 2. The maximum absolute atomic E-state index is 12.2. The second-order valence-corrected chi connectivity index (χ2v) is 5.81. The number of carbonyl (C=O) groups excluding carboxylic acids is 1. The molecule has 1 heterocycles. The number of phenolic OH excluding ortho intramolecular Hbond substituents is 2. The third-order valence-corrected chi connectivity index (χ3v) is 4.30. The molecule has 0 saturated heterocycles. The van der Waals surface area contributed by atoms with Gasteiger partial charge in [0, 0.05) is 5.56 Å². The molecule has 1 aliphatic heterocycles. The Morgan fingerprint density at radius 3 is 2.48 bits per heavy atom. The van der Waals surface area contributed by atoms with Crippen LogP contribution in [0.4, 0.5) is 0 Å². The maximum Gasteiger partial charge on any atom is 0.343 e. The summed E-state index contributed by atoms with van der Waals surface area (Å²) in [4.78, 5) is 12.2. The molecule has 5 heteroatoms. The first-order chi connectivity index (χ1) is 11.9. The standard InChI is InChI=1S/C20H18O5/c1-11-12(2)18(24-3)7-5-13(11)8-15-10-19(25-20(15)23)14-4-6-16(21)17(22)9-14/h4-10,21-22H,1-3H3/b15-8+. The topological polar surface area (TPSA) is 76.0 Å². The van der Waals surface area contributed by atoms with E-state index in [4.69, 9.17) is 9.47 Å². The van der Waals surface area contributed by atoms with E-state index in [9.17, 15) is 15.0 Å². The van der Waals surface area contributed by atoms with Crippen LogP contribution < -0.4 is 4.74 Å². The summed E-state index contributed by atoms with van der Waals surface area (Å²) in [6.07, 6.45) is 3.38. The molecular weight excluding hydrogens is 320 g/mol. The molecule has 0 unspecified atom stereocenters. The van der Waals surface area contributed by atoms with Crippen LogP contribution in [0.15, 0.2) is 42.0 Å². The summed E-state index contributed by atoms with van der Waals surface area (Å²) in [7, 11) is 1.62. The Morgan fingerprint density at radius 2 is 1.80 bits per heavy atom. The van der Waals surface area contributed by atoms with E-state index in [2.05, 4.69) is 0 Å². The van der Waals surface area contributed by atoms with Crippen LogP contribution in [-0.2, 0) is 9.53 Å². The molecule has 25 heavy (non-hydrogen) atoms. The number of hydrogen-bond acceptors (Lipinski definition) is 5. The summed E-state index contributed by atoms with van der Waals surface area (Å²) in [5, 5.41) is 19.0. The Morgan fingerprint density at radius 1 is 1.04 bits per heavy atom. The number of aromatic hydroxyl groups is 2. The van der Waals surface area contributed by atoms with E-state index in [-0.39, 0.29) is 11.5 Å². The van der Waals surface area contributed by atoms with Gasteiger partial charge in [-0.05, 0) is 67.0 Å². The Kier molecular flexibility index (Phi) is 4.23. The molecule has 5 nitrogen and oxygen atoms in total. The van der Waals surface area contributed by atoms with Gasteiger partial charge in [-0.2, -0.15) is 0 Å². The number of hydrogen-bond donors (Lipinski definition) is 2. The van der Waals surface area contributed by atoms with Gasteiger partial charge in [0.25, 0.3) is 0 Å². The number of carbonyl (C=O) groups is 1. The zero-order valence-electron chi connectivity index (χ0n) is 14.2. The van der Waals surface area contributed by atoms with Crippen LogP contribution in [0.25, 0.3) is 11.8 Å². The van der Waals surface area contributed by atoms with Crippen molar-refractivity contribution in [2.75, 3.05) is 7.11 Å². The Labute approximate surface area is 145 Å². The fourth-order valence-electron chi connectivity index (χ4n) is 2.67. The van der Waals surface area contributed by atoms with Crippen LogP contribution in [0, 0.1) is 13.8 Å². The van der Waals surface area contributed by atoms with Crippen molar-refractivity contribution >= 4 is 17.8 Å². The van der Waals surface area contributed by atoms with Gasteiger partial charge in [-0.15, -0.1) is 0 Å². The fourth-order valence-corrected chi connectivity index (χ4v) is 2.67. The summed E-state index contributed by atoms with van der Waals surface area (Å²) >= 11 is 0. The van der Waals surface area contributed by atoms with Crippen molar-refractivity contribution in [3.05, 3.63) is 64.2 Å². The van der Waals surface area contributed by atoms with Gasteiger partial charge in [0.2, 0.25) is 0 Å². The molecular formula is C20H18O5. The van der Waals surface area contributed by atoms with Gasteiger partial charge in [-0.3, -0.25) is 0 Å². The second-order valence-electron chi connectivity index (χ2n) is 5.81. The molecule has 3 rings (SSSR count). The summed E-state index contributed by atoms with van der Waals surface area (Å²) < 4.78 is 10.6. The molecule has 0 aromatic heterocycles. The number of cyclic esters (lactones) is 1. The number of benzene rings is 2. The molecule has 0 atom stereocenters. The minimum Gasteiger partial charge on any atom is -0.504 e. The van der Waals surface area contributed by atoms with Crippen LogP contribution in [0.1, 0.15) is 22.3 Å².